The third-order valence-electron chi connectivity index (χ3n) is 1.86. The zero-order valence-corrected chi connectivity index (χ0v) is 11.2. The maximum Gasteiger partial charge on any atom is 0.159 e. The first-order chi connectivity index (χ1) is 7.75. The van der Waals surface area contributed by atoms with Crippen molar-refractivity contribution in [2.75, 3.05) is 18.2 Å². The van der Waals surface area contributed by atoms with Crippen molar-refractivity contribution in [3.8, 4) is 5.75 Å². The molecule has 1 aromatic rings. The largest absolute Gasteiger partial charge is 0.487 e. The summed E-state index contributed by atoms with van der Waals surface area (Å²) in [6.45, 7) is 6.32. The van der Waals surface area contributed by atoms with Crippen LogP contribution in [0.2, 0.25) is 0 Å². The second-order valence-corrected chi connectivity index (χ2v) is 2.97. The monoisotopic (exact) mass is 243 g/mol. The number of hydrogen-bond donors (Lipinski definition) is 3. The molecule has 0 bridgehead atoms. The van der Waals surface area contributed by atoms with Gasteiger partial charge in [0.05, 0.1) is 5.69 Å². The van der Waals surface area contributed by atoms with Crippen molar-refractivity contribution < 1.29 is 9.84 Å². The van der Waals surface area contributed by atoms with E-state index in [0.29, 0.717) is 6.61 Å². The van der Waals surface area contributed by atoms with Crippen LogP contribution >= 0.6 is 12.6 Å². The van der Waals surface area contributed by atoms with Crippen LogP contribution in [0.5, 0.6) is 5.75 Å². The molecule has 0 aromatic heterocycles. The number of aryl methyl sites for hydroxylation is 1. The molecule has 1 aromatic carbocycles. The molecule has 1 atom stereocenters. The summed E-state index contributed by atoms with van der Waals surface area (Å²) in [6, 6.07) is 5.84. The Hall–Kier alpha value is -0.870. The summed E-state index contributed by atoms with van der Waals surface area (Å²) in [7, 11) is 0. The number of hydrogen-bond acceptors (Lipinski definition) is 4. The molecule has 2 N–H and O–H groups in total. The van der Waals surface area contributed by atoms with Gasteiger partial charge in [0.25, 0.3) is 0 Å². The zero-order valence-electron chi connectivity index (χ0n) is 10.3. The summed E-state index contributed by atoms with van der Waals surface area (Å²) in [6.07, 6.45) is 1.11. The van der Waals surface area contributed by atoms with Gasteiger partial charge in [-0.3, -0.25) is 0 Å². The van der Waals surface area contributed by atoms with E-state index in [1.165, 1.54) is 0 Å². The van der Waals surface area contributed by atoms with Crippen molar-refractivity contribution in [2.45, 2.75) is 27.0 Å². The van der Waals surface area contributed by atoms with E-state index in [1.54, 1.807) is 6.26 Å². The van der Waals surface area contributed by atoms with Crippen molar-refractivity contribution in [3.05, 3.63) is 23.8 Å². The second kappa shape index (κ2) is 8.30. The third kappa shape index (κ3) is 4.33. The van der Waals surface area contributed by atoms with Gasteiger partial charge in [-0.1, -0.05) is 19.9 Å². The van der Waals surface area contributed by atoms with Crippen molar-refractivity contribution in [1.82, 2.24) is 0 Å². The van der Waals surface area contributed by atoms with Crippen LogP contribution in [-0.2, 0) is 0 Å². The Morgan fingerprint density at radius 1 is 1.38 bits per heavy atom. The molecule has 0 saturated heterocycles. The Kier molecular flexibility index (Phi) is 7.85. The van der Waals surface area contributed by atoms with E-state index in [9.17, 15) is 5.11 Å². The van der Waals surface area contributed by atoms with Crippen LogP contribution in [0.25, 0.3) is 0 Å². The molecule has 16 heavy (non-hydrogen) atoms. The minimum absolute atomic E-state index is 0.316. The molecule has 3 nitrogen and oxygen atoms in total. The summed E-state index contributed by atoms with van der Waals surface area (Å²) >= 11 is 3.53. The quantitative estimate of drug-likeness (QED) is 0.614. The summed E-state index contributed by atoms with van der Waals surface area (Å²) in [5.74, 6) is 0.820. The number of rotatable bonds is 0. The van der Waals surface area contributed by atoms with Crippen LogP contribution in [0.4, 0.5) is 5.69 Å². The van der Waals surface area contributed by atoms with Crippen LogP contribution in [0, 0.1) is 6.92 Å². The Labute approximate surface area is 103 Å². The van der Waals surface area contributed by atoms with Crippen LogP contribution < -0.4 is 10.1 Å². The van der Waals surface area contributed by atoms with Gasteiger partial charge >= 0.3 is 0 Å². The molecule has 0 aliphatic carbocycles. The van der Waals surface area contributed by atoms with Gasteiger partial charge in [0, 0.05) is 0 Å². The molecule has 0 radical (unpaired) electrons. The first-order valence-corrected chi connectivity index (χ1v) is 6.28. The molecular formula is C12H21NO2S. The fourth-order valence-electron chi connectivity index (χ4n) is 1.26. The van der Waals surface area contributed by atoms with Gasteiger partial charge in [0.15, 0.2) is 6.23 Å². The van der Waals surface area contributed by atoms with E-state index in [0.717, 1.165) is 17.0 Å². The molecule has 1 aliphatic heterocycles. The summed E-state index contributed by atoms with van der Waals surface area (Å²) in [4.78, 5) is 0. The SMILES string of the molecule is CC.CS.Cc1ccc2c(c1)OC[C@@H](O)N2. The smallest absolute Gasteiger partial charge is 0.159 e. The number of nitrogens with one attached hydrogen (secondary N) is 1. The summed E-state index contributed by atoms with van der Waals surface area (Å²) in [5, 5.41) is 12.1. The van der Waals surface area contributed by atoms with Crippen molar-refractivity contribution in [3.63, 3.8) is 0 Å². The van der Waals surface area contributed by atoms with E-state index in [4.69, 9.17) is 4.74 Å². The van der Waals surface area contributed by atoms with Gasteiger partial charge in [-0.2, -0.15) is 12.6 Å². The molecule has 0 saturated carbocycles. The molecule has 0 unspecified atom stereocenters. The van der Waals surface area contributed by atoms with E-state index in [-0.39, 0.29) is 0 Å². The fraction of sp³-hybridized carbons (Fsp3) is 0.500. The highest BCUT2D eigenvalue weighted by Crippen LogP contribution is 2.28. The molecule has 0 amide bonds. The van der Waals surface area contributed by atoms with Gasteiger partial charge in [-0.05, 0) is 30.9 Å². The number of benzene rings is 1. The summed E-state index contributed by atoms with van der Waals surface area (Å²) in [5.41, 5.74) is 2.02. The van der Waals surface area contributed by atoms with Gasteiger partial charge in [0.1, 0.15) is 12.4 Å². The molecule has 4 heteroatoms. The fourth-order valence-corrected chi connectivity index (χ4v) is 1.26. The highest BCUT2D eigenvalue weighted by atomic mass is 32.1. The van der Waals surface area contributed by atoms with Crippen LogP contribution in [0.1, 0.15) is 19.4 Å². The lowest BCUT2D eigenvalue weighted by atomic mass is 10.2. The average molecular weight is 243 g/mol. The van der Waals surface area contributed by atoms with Crippen LogP contribution in [-0.4, -0.2) is 24.2 Å². The standard InChI is InChI=1S/C9H11NO2.C2H6.CH4S/c1-6-2-3-7-8(4-6)12-5-9(11)10-7;2*1-2/h2-4,9-11H,5H2,1H3;1-2H3;2H,1H3/t9-;;/m1../s1. The van der Waals surface area contributed by atoms with Gasteiger partial charge in [0.2, 0.25) is 0 Å². The highest BCUT2D eigenvalue weighted by Gasteiger charge is 2.15. The topological polar surface area (TPSA) is 41.5 Å². The lowest BCUT2D eigenvalue weighted by Crippen LogP contribution is -2.30. The molecule has 1 heterocycles. The normalized spacial score (nSPS) is 16.2. The predicted molar refractivity (Wildman–Crippen MR) is 72.6 cm³/mol. The Morgan fingerprint density at radius 3 is 2.62 bits per heavy atom. The Bertz CT molecular complexity index is 305. The maximum atomic E-state index is 9.19. The first-order valence-electron chi connectivity index (χ1n) is 5.38. The Morgan fingerprint density at radius 2 is 2.00 bits per heavy atom. The molecule has 2 rings (SSSR count). The second-order valence-electron chi connectivity index (χ2n) is 2.97. The number of aliphatic hydroxyl groups excluding tert-OH is 1. The van der Waals surface area contributed by atoms with E-state index < -0.39 is 6.23 Å². The Balaban J connectivity index is 0.000000509. The van der Waals surface area contributed by atoms with E-state index in [2.05, 4.69) is 17.9 Å². The van der Waals surface area contributed by atoms with E-state index >= 15 is 0 Å². The van der Waals surface area contributed by atoms with Gasteiger partial charge < -0.3 is 15.2 Å². The number of fused-ring (bicyclic) bond motifs is 1. The van der Waals surface area contributed by atoms with Crippen molar-refractivity contribution in [2.24, 2.45) is 0 Å². The molecule has 1 aliphatic rings. The van der Waals surface area contributed by atoms with E-state index in [1.807, 2.05) is 39.0 Å². The lowest BCUT2D eigenvalue weighted by Gasteiger charge is -2.23. The molecule has 92 valence electrons. The highest BCUT2D eigenvalue weighted by molar-refractivity contribution is 7.79. The minimum atomic E-state index is -0.583. The van der Waals surface area contributed by atoms with Crippen LogP contribution in [0.15, 0.2) is 18.2 Å². The number of thiol groups is 1. The van der Waals surface area contributed by atoms with Gasteiger partial charge in [-0.15, -0.1) is 0 Å². The molecule has 0 spiro atoms. The molecule has 0 fully saturated rings. The number of ether oxygens (including phenoxy) is 1. The first kappa shape index (κ1) is 15.1. The minimum Gasteiger partial charge on any atom is -0.487 e. The maximum absolute atomic E-state index is 9.19. The van der Waals surface area contributed by atoms with Gasteiger partial charge in [-0.25, -0.2) is 0 Å². The van der Waals surface area contributed by atoms with Crippen molar-refractivity contribution in [1.29, 1.82) is 0 Å². The third-order valence-corrected chi connectivity index (χ3v) is 1.86. The predicted octanol–water partition coefficient (Wildman–Crippen LogP) is 2.69. The zero-order chi connectivity index (χ0) is 12.6. The summed E-state index contributed by atoms with van der Waals surface area (Å²) < 4.78 is 5.30. The molecular weight excluding hydrogens is 222 g/mol. The number of aliphatic hydroxyl groups is 1. The number of anilines is 1. The van der Waals surface area contributed by atoms with Crippen molar-refractivity contribution >= 4 is 18.3 Å². The van der Waals surface area contributed by atoms with Crippen LogP contribution in [0.3, 0.4) is 0 Å². The lowest BCUT2D eigenvalue weighted by molar-refractivity contribution is 0.119. The average Bonchev–Trinajstić information content (AvgIpc) is 2.35.